The van der Waals surface area contributed by atoms with Crippen molar-refractivity contribution in [2.45, 2.75) is 39.3 Å². The summed E-state index contributed by atoms with van der Waals surface area (Å²) in [4.78, 5) is 0. The van der Waals surface area contributed by atoms with E-state index in [4.69, 9.17) is 0 Å². The second-order valence-corrected chi connectivity index (χ2v) is 6.27. The van der Waals surface area contributed by atoms with Gasteiger partial charge < -0.3 is 5.32 Å². The van der Waals surface area contributed by atoms with E-state index in [1.54, 1.807) is 13.8 Å². The highest BCUT2D eigenvalue weighted by molar-refractivity contribution is 5.48. The minimum atomic E-state index is -1.27. The number of nitrogens with one attached hydrogen (secondary N) is 1. The molecule has 0 saturated heterocycles. The number of alkyl halides is 1. The van der Waals surface area contributed by atoms with Gasteiger partial charge in [-0.25, -0.2) is 4.39 Å². The minimum Gasteiger partial charge on any atom is -0.360 e. The van der Waals surface area contributed by atoms with Gasteiger partial charge in [0.15, 0.2) is 0 Å². The van der Waals surface area contributed by atoms with Crippen LogP contribution in [0.25, 0.3) is 0 Å². The fourth-order valence-corrected chi connectivity index (χ4v) is 2.36. The largest absolute Gasteiger partial charge is 0.360 e. The average molecular weight is 297 g/mol. The molecule has 0 aliphatic rings. The van der Waals surface area contributed by atoms with Crippen LogP contribution in [0.4, 0.5) is 10.1 Å². The van der Waals surface area contributed by atoms with Crippen molar-refractivity contribution >= 4 is 5.69 Å². The lowest BCUT2D eigenvalue weighted by Crippen LogP contribution is -2.08. The molecule has 0 fully saturated rings. The smallest absolute Gasteiger partial charge is 0.130 e. The number of allylic oxidation sites excluding steroid dienone is 1. The second kappa shape index (κ2) is 6.78. The quantitative estimate of drug-likeness (QED) is 0.729. The SMILES string of the molecule is C=C(C)Nc1ccc(CCc2ccc(C(C)(C)F)cc2)cc1. The van der Waals surface area contributed by atoms with Crippen LogP contribution in [-0.2, 0) is 18.5 Å². The number of benzene rings is 2. The van der Waals surface area contributed by atoms with Crippen molar-refractivity contribution in [1.29, 1.82) is 0 Å². The molecule has 2 heteroatoms. The third-order valence-corrected chi connectivity index (χ3v) is 3.65. The third-order valence-electron chi connectivity index (χ3n) is 3.65. The molecule has 0 unspecified atom stereocenters. The summed E-state index contributed by atoms with van der Waals surface area (Å²) in [5.41, 5.74) is 3.98. The van der Waals surface area contributed by atoms with Crippen molar-refractivity contribution in [2.24, 2.45) is 0 Å². The molecule has 0 heterocycles. The van der Waals surface area contributed by atoms with Crippen LogP contribution in [0.3, 0.4) is 0 Å². The Morgan fingerprint density at radius 1 is 0.955 bits per heavy atom. The van der Waals surface area contributed by atoms with Crippen LogP contribution in [0.15, 0.2) is 60.8 Å². The van der Waals surface area contributed by atoms with Crippen LogP contribution in [0, 0.1) is 0 Å². The molecule has 1 N–H and O–H groups in total. The standard InChI is InChI=1S/C20H24FN/c1-15(2)22-19-13-9-17(10-14-19)6-5-16-7-11-18(12-8-16)20(3,4)21/h7-14,22H,1,5-6H2,2-4H3. The summed E-state index contributed by atoms with van der Waals surface area (Å²) in [6.07, 6.45) is 1.94. The molecule has 0 bridgehead atoms. The zero-order valence-electron chi connectivity index (χ0n) is 13.6. The Hall–Kier alpha value is -2.09. The summed E-state index contributed by atoms with van der Waals surface area (Å²) in [5.74, 6) is 0. The van der Waals surface area contributed by atoms with Crippen LogP contribution in [0.5, 0.6) is 0 Å². The zero-order valence-corrected chi connectivity index (χ0v) is 13.6. The molecular formula is C20H24FN. The van der Waals surface area contributed by atoms with Gasteiger partial charge in [0.2, 0.25) is 0 Å². The molecule has 0 radical (unpaired) electrons. The first-order valence-electron chi connectivity index (χ1n) is 7.64. The molecule has 2 rings (SSSR count). The van der Waals surface area contributed by atoms with Crippen molar-refractivity contribution in [2.75, 3.05) is 5.32 Å². The number of anilines is 1. The number of aryl methyl sites for hydroxylation is 2. The van der Waals surface area contributed by atoms with Crippen molar-refractivity contribution in [1.82, 2.24) is 0 Å². The van der Waals surface area contributed by atoms with Gasteiger partial charge in [-0.05, 0) is 62.4 Å². The van der Waals surface area contributed by atoms with Gasteiger partial charge in [0.05, 0.1) is 0 Å². The van der Waals surface area contributed by atoms with Crippen LogP contribution >= 0.6 is 0 Å². The summed E-state index contributed by atoms with van der Waals surface area (Å²) >= 11 is 0. The number of hydrogen-bond donors (Lipinski definition) is 1. The maximum atomic E-state index is 13.8. The molecule has 1 nitrogen and oxygen atoms in total. The molecule has 0 atom stereocenters. The van der Waals surface area contributed by atoms with Crippen LogP contribution in [0.2, 0.25) is 0 Å². The van der Waals surface area contributed by atoms with E-state index in [-0.39, 0.29) is 0 Å². The van der Waals surface area contributed by atoms with Gasteiger partial charge in [-0.1, -0.05) is 43.0 Å². The maximum Gasteiger partial charge on any atom is 0.130 e. The van der Waals surface area contributed by atoms with E-state index < -0.39 is 5.67 Å². The van der Waals surface area contributed by atoms with Gasteiger partial charge in [-0.15, -0.1) is 0 Å². The minimum absolute atomic E-state index is 0.728. The molecule has 2 aromatic rings. The number of rotatable bonds is 6. The van der Waals surface area contributed by atoms with Gasteiger partial charge in [-0.2, -0.15) is 0 Å². The van der Waals surface area contributed by atoms with Gasteiger partial charge in [0.25, 0.3) is 0 Å². The van der Waals surface area contributed by atoms with Crippen molar-refractivity contribution in [3.8, 4) is 0 Å². The Kier molecular flexibility index (Phi) is 5.02. The number of hydrogen-bond acceptors (Lipinski definition) is 1. The van der Waals surface area contributed by atoms with E-state index in [0.717, 1.165) is 29.8 Å². The van der Waals surface area contributed by atoms with E-state index in [9.17, 15) is 4.39 Å². The lowest BCUT2D eigenvalue weighted by atomic mass is 9.97. The average Bonchev–Trinajstić information content (AvgIpc) is 2.45. The van der Waals surface area contributed by atoms with Gasteiger partial charge >= 0.3 is 0 Å². The lowest BCUT2D eigenvalue weighted by molar-refractivity contribution is 0.221. The third kappa shape index (κ3) is 4.73. The van der Waals surface area contributed by atoms with E-state index in [1.807, 2.05) is 31.2 Å². The Labute approximate surface area is 132 Å². The fraction of sp³-hybridized carbons (Fsp3) is 0.300. The van der Waals surface area contributed by atoms with E-state index >= 15 is 0 Å². The van der Waals surface area contributed by atoms with E-state index in [1.165, 1.54) is 11.1 Å². The zero-order chi connectivity index (χ0) is 16.2. The summed E-state index contributed by atoms with van der Waals surface area (Å²) < 4.78 is 13.8. The van der Waals surface area contributed by atoms with Gasteiger partial charge in [0, 0.05) is 11.4 Å². The van der Waals surface area contributed by atoms with Gasteiger partial charge in [0.1, 0.15) is 5.67 Å². The predicted molar refractivity (Wildman–Crippen MR) is 92.9 cm³/mol. The molecule has 0 aliphatic heterocycles. The molecule has 0 aromatic heterocycles. The number of halogens is 1. The molecular weight excluding hydrogens is 273 g/mol. The molecule has 0 saturated carbocycles. The van der Waals surface area contributed by atoms with Gasteiger partial charge in [-0.3, -0.25) is 0 Å². The Morgan fingerprint density at radius 2 is 1.41 bits per heavy atom. The topological polar surface area (TPSA) is 12.0 Å². The molecule has 2 aromatic carbocycles. The van der Waals surface area contributed by atoms with Crippen molar-refractivity contribution < 1.29 is 4.39 Å². The normalized spacial score (nSPS) is 11.3. The first-order valence-corrected chi connectivity index (χ1v) is 7.64. The summed E-state index contributed by atoms with van der Waals surface area (Å²) in [6.45, 7) is 8.95. The van der Waals surface area contributed by atoms with Crippen LogP contribution < -0.4 is 5.32 Å². The van der Waals surface area contributed by atoms with E-state index in [0.29, 0.717) is 0 Å². The highest BCUT2D eigenvalue weighted by Crippen LogP contribution is 2.24. The molecule has 0 aliphatic carbocycles. The molecule has 0 spiro atoms. The Balaban J connectivity index is 1.94. The predicted octanol–water partition coefficient (Wildman–Crippen LogP) is 5.62. The summed E-state index contributed by atoms with van der Waals surface area (Å²) in [7, 11) is 0. The fourth-order valence-electron chi connectivity index (χ4n) is 2.36. The maximum absolute atomic E-state index is 13.8. The summed E-state index contributed by atoms with van der Waals surface area (Å²) in [5, 5.41) is 3.20. The highest BCUT2D eigenvalue weighted by Gasteiger charge is 2.17. The molecule has 22 heavy (non-hydrogen) atoms. The van der Waals surface area contributed by atoms with E-state index in [2.05, 4.69) is 36.2 Å². The molecule has 0 amide bonds. The second-order valence-electron chi connectivity index (χ2n) is 6.27. The van der Waals surface area contributed by atoms with Crippen molar-refractivity contribution in [3.05, 3.63) is 77.5 Å². The van der Waals surface area contributed by atoms with Crippen LogP contribution in [0.1, 0.15) is 37.5 Å². The monoisotopic (exact) mass is 297 g/mol. The first-order chi connectivity index (χ1) is 10.3. The highest BCUT2D eigenvalue weighted by atomic mass is 19.1. The Bertz CT molecular complexity index is 618. The first kappa shape index (κ1) is 16.3. The molecule has 116 valence electrons. The van der Waals surface area contributed by atoms with Crippen molar-refractivity contribution in [3.63, 3.8) is 0 Å². The summed E-state index contributed by atoms with van der Waals surface area (Å²) in [6, 6.07) is 16.2. The lowest BCUT2D eigenvalue weighted by Gasteiger charge is -2.14. The Morgan fingerprint density at radius 3 is 1.82 bits per heavy atom. The van der Waals surface area contributed by atoms with Crippen LogP contribution in [-0.4, -0.2) is 0 Å².